The van der Waals surface area contributed by atoms with E-state index < -0.39 is 0 Å². The zero-order chi connectivity index (χ0) is 23.1. The number of allylic oxidation sites excluding steroid dienone is 1. The van der Waals surface area contributed by atoms with Gasteiger partial charge in [-0.05, 0) is 47.0 Å². The number of nitrogens with zero attached hydrogens (tertiary/aromatic N) is 4. The van der Waals surface area contributed by atoms with Crippen molar-refractivity contribution in [1.82, 2.24) is 30.1 Å². The van der Waals surface area contributed by atoms with Crippen molar-refractivity contribution in [2.24, 2.45) is 0 Å². The number of H-pyrrole nitrogens is 2. The van der Waals surface area contributed by atoms with Crippen LogP contribution in [0.25, 0.3) is 55.6 Å². The lowest BCUT2D eigenvalue weighted by Crippen LogP contribution is -1.97. The number of thiophene rings is 1. The van der Waals surface area contributed by atoms with Gasteiger partial charge in [-0.25, -0.2) is 4.98 Å². The van der Waals surface area contributed by atoms with E-state index in [0.29, 0.717) is 5.65 Å². The Labute approximate surface area is 199 Å². The van der Waals surface area contributed by atoms with Crippen LogP contribution in [0.1, 0.15) is 13.3 Å². The van der Waals surface area contributed by atoms with Crippen LogP contribution in [0, 0.1) is 0 Å². The van der Waals surface area contributed by atoms with E-state index in [0.717, 1.165) is 62.2 Å². The number of aromatic nitrogens is 6. The van der Waals surface area contributed by atoms with Gasteiger partial charge < -0.3 is 10.3 Å². The molecule has 0 radical (unpaired) electrons. The zero-order valence-corrected chi connectivity index (χ0v) is 19.3. The fourth-order valence-corrected chi connectivity index (χ4v) is 4.71. The van der Waals surface area contributed by atoms with E-state index in [1.54, 1.807) is 17.5 Å². The van der Waals surface area contributed by atoms with Gasteiger partial charge in [-0.1, -0.05) is 13.5 Å². The highest BCUT2D eigenvalue weighted by Gasteiger charge is 2.15. The Morgan fingerprint density at radius 2 is 1.88 bits per heavy atom. The van der Waals surface area contributed by atoms with Crippen molar-refractivity contribution in [3.8, 4) is 33.6 Å². The number of aromatic amines is 2. The summed E-state index contributed by atoms with van der Waals surface area (Å²) in [6, 6.07) is 8.41. The minimum atomic E-state index is 0.662. The van der Waals surface area contributed by atoms with Crippen molar-refractivity contribution < 1.29 is 0 Å². The van der Waals surface area contributed by atoms with Crippen LogP contribution in [0.5, 0.6) is 0 Å². The lowest BCUT2D eigenvalue weighted by atomic mass is 10.1. The first-order valence-electron chi connectivity index (χ1n) is 10.9. The topological polar surface area (TPSA) is 95.2 Å². The summed E-state index contributed by atoms with van der Waals surface area (Å²) in [4.78, 5) is 16.9. The van der Waals surface area contributed by atoms with E-state index in [1.165, 1.54) is 5.56 Å². The summed E-state index contributed by atoms with van der Waals surface area (Å²) in [7, 11) is 0. The van der Waals surface area contributed by atoms with Crippen molar-refractivity contribution in [3.63, 3.8) is 0 Å². The van der Waals surface area contributed by atoms with Crippen LogP contribution in [0.4, 0.5) is 5.69 Å². The molecule has 166 valence electrons. The summed E-state index contributed by atoms with van der Waals surface area (Å²) < 4.78 is 0. The van der Waals surface area contributed by atoms with Crippen molar-refractivity contribution in [2.75, 3.05) is 5.32 Å². The molecule has 0 saturated heterocycles. The van der Waals surface area contributed by atoms with Gasteiger partial charge in [-0.3, -0.25) is 15.1 Å². The first kappa shape index (κ1) is 20.3. The van der Waals surface area contributed by atoms with Crippen LogP contribution in [-0.2, 0) is 0 Å². The fourth-order valence-electron chi connectivity index (χ4n) is 4.06. The maximum Gasteiger partial charge on any atom is 0.181 e. The number of pyridine rings is 3. The molecule has 0 atom stereocenters. The molecule has 0 amide bonds. The summed E-state index contributed by atoms with van der Waals surface area (Å²) in [6.45, 7) is 6.08. The van der Waals surface area contributed by atoms with Gasteiger partial charge in [-0.2, -0.15) is 16.4 Å². The third-order valence-corrected chi connectivity index (χ3v) is 6.56. The van der Waals surface area contributed by atoms with E-state index >= 15 is 0 Å². The summed E-state index contributed by atoms with van der Waals surface area (Å²) in [5, 5.41) is 17.2. The van der Waals surface area contributed by atoms with Gasteiger partial charge in [0.05, 0.1) is 35.0 Å². The van der Waals surface area contributed by atoms with Gasteiger partial charge in [0, 0.05) is 51.8 Å². The SMILES string of the molecule is C=C(CC)Nc1cncc(-c2cnc3n[nH]c(-c4cc5c(-c6ccsc6)cncc5[nH]4)c3c2)c1. The maximum atomic E-state index is 4.59. The molecule has 3 N–H and O–H groups in total. The number of fused-ring (bicyclic) bond motifs is 2. The molecule has 0 aliphatic heterocycles. The zero-order valence-electron chi connectivity index (χ0n) is 18.5. The summed E-state index contributed by atoms with van der Waals surface area (Å²) in [5.41, 5.74) is 9.51. The van der Waals surface area contributed by atoms with Crippen LogP contribution in [0.2, 0.25) is 0 Å². The standard InChI is InChI=1S/C26H21N7S/c1-3-15(2)30-19-6-17(9-27-11-19)18-7-21-25(32-33-26(21)29-10-18)23-8-20-22(16-4-5-34-14-16)12-28-13-24(20)31-23/h4-14,30-31H,2-3H2,1H3,(H,29,32,33). The predicted octanol–water partition coefficient (Wildman–Crippen LogP) is 6.63. The Balaban J connectivity index is 1.43. The fraction of sp³-hybridized carbons (Fsp3) is 0.0769. The largest absolute Gasteiger partial charge is 0.358 e. The quantitative estimate of drug-likeness (QED) is 0.258. The van der Waals surface area contributed by atoms with Crippen LogP contribution < -0.4 is 5.32 Å². The van der Waals surface area contributed by atoms with Gasteiger partial charge in [0.15, 0.2) is 5.65 Å². The van der Waals surface area contributed by atoms with Crippen LogP contribution in [-0.4, -0.2) is 30.1 Å². The lowest BCUT2D eigenvalue weighted by Gasteiger charge is -2.09. The van der Waals surface area contributed by atoms with Crippen molar-refractivity contribution >= 4 is 39.0 Å². The molecule has 0 aromatic carbocycles. The molecule has 6 aromatic heterocycles. The molecule has 0 aliphatic rings. The average Bonchev–Trinajstić information content (AvgIpc) is 3.62. The number of rotatable bonds is 6. The third kappa shape index (κ3) is 3.54. The second-order valence-corrected chi connectivity index (χ2v) is 8.86. The van der Waals surface area contributed by atoms with Crippen LogP contribution in [0.3, 0.4) is 0 Å². The van der Waals surface area contributed by atoms with Crippen molar-refractivity contribution in [1.29, 1.82) is 0 Å². The molecule has 0 bridgehead atoms. The molecule has 0 unspecified atom stereocenters. The number of hydrogen-bond acceptors (Lipinski definition) is 6. The summed E-state index contributed by atoms with van der Waals surface area (Å²) >= 11 is 1.68. The maximum absolute atomic E-state index is 4.59. The first-order valence-corrected chi connectivity index (χ1v) is 11.9. The lowest BCUT2D eigenvalue weighted by molar-refractivity contribution is 1.10. The Kier molecular flexibility index (Phi) is 4.92. The first-order chi connectivity index (χ1) is 16.7. The van der Waals surface area contributed by atoms with Gasteiger partial charge >= 0.3 is 0 Å². The second kappa shape index (κ2) is 8.24. The van der Waals surface area contributed by atoms with Crippen molar-refractivity contribution in [2.45, 2.75) is 13.3 Å². The molecule has 0 saturated carbocycles. The molecule has 6 rings (SSSR count). The number of anilines is 1. The Bertz CT molecular complexity index is 1640. The third-order valence-electron chi connectivity index (χ3n) is 5.88. The molecule has 34 heavy (non-hydrogen) atoms. The van der Waals surface area contributed by atoms with E-state index in [2.05, 4.69) is 84.0 Å². The molecular formula is C26H21N7S. The van der Waals surface area contributed by atoms with Gasteiger partial charge in [0.25, 0.3) is 0 Å². The van der Waals surface area contributed by atoms with E-state index in [1.807, 2.05) is 24.8 Å². The van der Waals surface area contributed by atoms with Gasteiger partial charge in [0.1, 0.15) is 0 Å². The number of nitrogens with one attached hydrogen (secondary N) is 3. The van der Waals surface area contributed by atoms with E-state index in [9.17, 15) is 0 Å². The molecule has 6 heterocycles. The molecule has 6 aromatic rings. The van der Waals surface area contributed by atoms with Gasteiger partial charge in [-0.15, -0.1) is 0 Å². The van der Waals surface area contributed by atoms with Gasteiger partial charge in [0.2, 0.25) is 0 Å². The van der Waals surface area contributed by atoms with Crippen molar-refractivity contribution in [3.05, 3.63) is 78.3 Å². The van der Waals surface area contributed by atoms with Crippen LogP contribution >= 0.6 is 11.3 Å². The minimum Gasteiger partial charge on any atom is -0.358 e. The monoisotopic (exact) mass is 463 g/mol. The molecule has 0 fully saturated rings. The molecule has 0 spiro atoms. The average molecular weight is 464 g/mol. The Hall–Kier alpha value is -4.30. The predicted molar refractivity (Wildman–Crippen MR) is 139 cm³/mol. The van der Waals surface area contributed by atoms with E-state index in [-0.39, 0.29) is 0 Å². The highest BCUT2D eigenvalue weighted by atomic mass is 32.1. The van der Waals surface area contributed by atoms with E-state index in [4.69, 9.17) is 0 Å². The Morgan fingerprint density at radius 1 is 1.00 bits per heavy atom. The summed E-state index contributed by atoms with van der Waals surface area (Å²) in [6.07, 6.45) is 10.1. The molecule has 7 nitrogen and oxygen atoms in total. The number of hydrogen-bond donors (Lipinski definition) is 3. The normalized spacial score (nSPS) is 11.3. The minimum absolute atomic E-state index is 0.662. The second-order valence-electron chi connectivity index (χ2n) is 8.08. The molecule has 8 heteroatoms. The van der Waals surface area contributed by atoms with Crippen LogP contribution in [0.15, 0.2) is 78.3 Å². The highest BCUT2D eigenvalue weighted by Crippen LogP contribution is 2.35. The highest BCUT2D eigenvalue weighted by molar-refractivity contribution is 7.08. The molecular weight excluding hydrogens is 442 g/mol. The molecule has 0 aliphatic carbocycles. The Morgan fingerprint density at radius 3 is 2.74 bits per heavy atom. The smallest absolute Gasteiger partial charge is 0.181 e. The summed E-state index contributed by atoms with van der Waals surface area (Å²) in [5.74, 6) is 0.